The van der Waals surface area contributed by atoms with E-state index < -0.39 is 0 Å². The van der Waals surface area contributed by atoms with E-state index >= 15 is 0 Å². The Balaban J connectivity index is 2.28. The lowest BCUT2D eigenvalue weighted by Gasteiger charge is -2.12. The van der Waals surface area contributed by atoms with Crippen molar-refractivity contribution in [2.24, 2.45) is 0 Å². The molecule has 3 aromatic rings. The molecule has 0 aliphatic heterocycles. The lowest BCUT2D eigenvalue weighted by molar-refractivity contribution is 0.242. The van der Waals surface area contributed by atoms with Crippen LogP contribution in [-0.4, -0.2) is 6.10 Å². The summed E-state index contributed by atoms with van der Waals surface area (Å²) in [6.07, 6.45) is 0.0395. The minimum Gasteiger partial charge on any atom is -0.491 e. The largest absolute Gasteiger partial charge is 0.491 e. The second kappa shape index (κ2) is 6.09. The van der Waals surface area contributed by atoms with Crippen LogP contribution in [0, 0.1) is 6.92 Å². The van der Waals surface area contributed by atoms with E-state index in [0.29, 0.717) is 22.3 Å². The lowest BCUT2D eigenvalue weighted by Crippen LogP contribution is -2.09. The lowest BCUT2D eigenvalue weighted by atomic mass is 10.0. The summed E-state index contributed by atoms with van der Waals surface area (Å²) in [4.78, 5) is 12.9. The molecule has 0 saturated heterocycles. The highest BCUT2D eigenvalue weighted by Crippen LogP contribution is 2.31. The molecule has 0 atom stereocenters. The molecule has 0 fully saturated rings. The summed E-state index contributed by atoms with van der Waals surface area (Å²) in [6, 6.07) is 12.9. The minimum absolute atomic E-state index is 0.0395. The van der Waals surface area contributed by atoms with Gasteiger partial charge in [0.25, 0.3) is 0 Å². The Labute approximate surface area is 139 Å². The summed E-state index contributed by atoms with van der Waals surface area (Å²) in [7, 11) is 0. The molecule has 118 valence electrons. The van der Waals surface area contributed by atoms with Crippen LogP contribution in [0.2, 0.25) is 5.22 Å². The molecular weight excluding hydrogens is 312 g/mol. The molecule has 0 aliphatic rings. The van der Waals surface area contributed by atoms with Crippen LogP contribution in [0.3, 0.4) is 0 Å². The molecule has 0 bridgehead atoms. The molecular formula is C19H17ClO3. The zero-order valence-electron chi connectivity index (χ0n) is 13.2. The normalized spacial score (nSPS) is 11.2. The number of rotatable bonds is 3. The first-order valence-electron chi connectivity index (χ1n) is 7.46. The zero-order valence-corrected chi connectivity index (χ0v) is 14.0. The van der Waals surface area contributed by atoms with Gasteiger partial charge in [0.2, 0.25) is 10.6 Å². The molecule has 0 spiro atoms. The molecule has 4 heteroatoms. The van der Waals surface area contributed by atoms with E-state index in [2.05, 4.69) is 0 Å². The maximum absolute atomic E-state index is 12.9. The Kier molecular flexibility index (Phi) is 4.14. The third kappa shape index (κ3) is 2.97. The second-order valence-electron chi connectivity index (χ2n) is 5.73. The molecule has 1 aromatic heterocycles. The summed E-state index contributed by atoms with van der Waals surface area (Å²) in [5, 5.41) is 0.624. The highest BCUT2D eigenvalue weighted by Gasteiger charge is 2.17. The summed E-state index contributed by atoms with van der Waals surface area (Å²) in [5.74, 6) is 0.664. The van der Waals surface area contributed by atoms with Crippen LogP contribution in [0.5, 0.6) is 5.75 Å². The van der Waals surface area contributed by atoms with Crippen molar-refractivity contribution >= 4 is 22.6 Å². The predicted octanol–water partition coefficient (Wildman–Crippen LogP) is 5.21. The molecule has 0 amide bonds. The molecule has 0 aliphatic carbocycles. The maximum Gasteiger partial charge on any atom is 0.205 e. The molecule has 0 radical (unpaired) electrons. The Hall–Kier alpha value is -2.26. The van der Waals surface area contributed by atoms with Crippen LogP contribution in [0.1, 0.15) is 19.4 Å². The predicted molar refractivity (Wildman–Crippen MR) is 93.4 cm³/mol. The summed E-state index contributed by atoms with van der Waals surface area (Å²) in [5.41, 5.74) is 2.25. The Bertz CT molecular complexity index is 911. The van der Waals surface area contributed by atoms with E-state index in [-0.39, 0.29) is 16.8 Å². The molecule has 1 heterocycles. The molecule has 3 nitrogen and oxygen atoms in total. The summed E-state index contributed by atoms with van der Waals surface area (Å²) in [6.45, 7) is 5.76. The molecule has 0 unspecified atom stereocenters. The quantitative estimate of drug-likeness (QED) is 0.662. The SMILES string of the molecule is Cc1cc(OC(C)C)cc2oc(Cl)c(-c3ccccc3)c(=O)c12. The number of benzene rings is 2. The highest BCUT2D eigenvalue weighted by molar-refractivity contribution is 6.31. The highest BCUT2D eigenvalue weighted by atomic mass is 35.5. The van der Waals surface area contributed by atoms with Crippen LogP contribution < -0.4 is 10.2 Å². The Morgan fingerprint density at radius 3 is 2.48 bits per heavy atom. The number of halogens is 1. The second-order valence-corrected chi connectivity index (χ2v) is 6.07. The Morgan fingerprint density at radius 1 is 1.13 bits per heavy atom. The number of hydrogen-bond donors (Lipinski definition) is 0. The molecule has 0 saturated carbocycles. The first-order valence-corrected chi connectivity index (χ1v) is 7.84. The van der Waals surface area contributed by atoms with Crippen molar-refractivity contribution in [2.45, 2.75) is 26.9 Å². The van der Waals surface area contributed by atoms with Gasteiger partial charge in [0.15, 0.2) is 0 Å². The van der Waals surface area contributed by atoms with Crippen molar-refractivity contribution in [1.29, 1.82) is 0 Å². The van der Waals surface area contributed by atoms with Gasteiger partial charge in [0.1, 0.15) is 11.3 Å². The van der Waals surface area contributed by atoms with E-state index in [1.54, 1.807) is 6.07 Å². The van der Waals surface area contributed by atoms with Crippen LogP contribution in [-0.2, 0) is 0 Å². The van der Waals surface area contributed by atoms with E-state index in [1.165, 1.54) is 0 Å². The van der Waals surface area contributed by atoms with Crippen molar-refractivity contribution in [3.05, 3.63) is 63.5 Å². The van der Waals surface area contributed by atoms with E-state index in [0.717, 1.165) is 11.1 Å². The van der Waals surface area contributed by atoms with Crippen molar-refractivity contribution in [1.82, 2.24) is 0 Å². The van der Waals surface area contributed by atoms with Crippen molar-refractivity contribution in [3.8, 4) is 16.9 Å². The van der Waals surface area contributed by atoms with Gasteiger partial charge in [-0.1, -0.05) is 30.3 Å². The summed E-state index contributed by atoms with van der Waals surface area (Å²) < 4.78 is 11.4. The fraction of sp³-hybridized carbons (Fsp3) is 0.211. The van der Waals surface area contributed by atoms with Gasteiger partial charge in [-0.15, -0.1) is 0 Å². The minimum atomic E-state index is -0.129. The molecule has 23 heavy (non-hydrogen) atoms. The maximum atomic E-state index is 12.9. The molecule has 0 N–H and O–H groups in total. The first kappa shape index (κ1) is 15.6. The molecule has 2 aromatic carbocycles. The number of fused-ring (bicyclic) bond motifs is 1. The van der Waals surface area contributed by atoms with Gasteiger partial charge in [-0.3, -0.25) is 4.79 Å². The van der Waals surface area contributed by atoms with Crippen LogP contribution in [0.25, 0.3) is 22.1 Å². The van der Waals surface area contributed by atoms with Crippen LogP contribution in [0.15, 0.2) is 51.7 Å². The standard InChI is InChI=1S/C19H17ClO3/c1-11(2)22-14-9-12(3)16-15(10-14)23-19(20)17(18(16)21)13-7-5-4-6-8-13/h4-11H,1-3H3. The summed E-state index contributed by atoms with van der Waals surface area (Å²) >= 11 is 6.25. The Morgan fingerprint density at radius 2 is 1.83 bits per heavy atom. The first-order chi connectivity index (χ1) is 11.0. The van der Waals surface area contributed by atoms with Crippen molar-refractivity contribution in [2.75, 3.05) is 0 Å². The monoisotopic (exact) mass is 328 g/mol. The van der Waals surface area contributed by atoms with Gasteiger partial charge in [-0.25, -0.2) is 0 Å². The van der Waals surface area contributed by atoms with Crippen LogP contribution in [0.4, 0.5) is 0 Å². The smallest absolute Gasteiger partial charge is 0.205 e. The fourth-order valence-electron chi connectivity index (χ4n) is 2.65. The van der Waals surface area contributed by atoms with Crippen molar-refractivity contribution < 1.29 is 9.15 Å². The number of hydrogen-bond acceptors (Lipinski definition) is 3. The van der Waals surface area contributed by atoms with E-state index in [9.17, 15) is 4.79 Å². The van der Waals surface area contributed by atoms with Gasteiger partial charge < -0.3 is 9.15 Å². The zero-order chi connectivity index (χ0) is 16.6. The molecule has 3 rings (SSSR count). The third-order valence-electron chi connectivity index (χ3n) is 3.56. The van der Waals surface area contributed by atoms with E-state index in [1.807, 2.05) is 57.2 Å². The average Bonchev–Trinajstić information content (AvgIpc) is 2.46. The van der Waals surface area contributed by atoms with Gasteiger partial charge >= 0.3 is 0 Å². The topological polar surface area (TPSA) is 39.4 Å². The fourth-order valence-corrected chi connectivity index (χ4v) is 2.92. The number of aryl methyl sites for hydroxylation is 1. The van der Waals surface area contributed by atoms with Gasteiger partial charge in [0, 0.05) is 6.07 Å². The number of ether oxygens (including phenoxy) is 1. The van der Waals surface area contributed by atoms with Crippen LogP contribution >= 0.6 is 11.6 Å². The third-order valence-corrected chi connectivity index (χ3v) is 3.82. The van der Waals surface area contributed by atoms with Gasteiger partial charge in [-0.2, -0.15) is 0 Å². The van der Waals surface area contributed by atoms with Gasteiger partial charge in [0.05, 0.1) is 17.1 Å². The van der Waals surface area contributed by atoms with Crippen molar-refractivity contribution in [3.63, 3.8) is 0 Å². The van der Waals surface area contributed by atoms with Gasteiger partial charge in [-0.05, 0) is 49.6 Å². The average molecular weight is 329 g/mol. The van der Waals surface area contributed by atoms with E-state index in [4.69, 9.17) is 20.8 Å².